The number of piperidine rings is 1. The van der Waals surface area contributed by atoms with Gasteiger partial charge in [0.2, 0.25) is 0 Å². The molecule has 4 unspecified atom stereocenters. The SMILES string of the molecule is COC(=O)C1C2CCC1(C1CCCNC1)C2. The van der Waals surface area contributed by atoms with E-state index in [0.29, 0.717) is 17.3 Å². The van der Waals surface area contributed by atoms with Crippen LogP contribution in [0.1, 0.15) is 32.1 Å². The van der Waals surface area contributed by atoms with Crippen molar-refractivity contribution in [2.45, 2.75) is 32.1 Å². The van der Waals surface area contributed by atoms with Crippen LogP contribution in [0.5, 0.6) is 0 Å². The highest BCUT2D eigenvalue weighted by atomic mass is 16.5. The number of nitrogens with one attached hydrogen (secondary N) is 1. The van der Waals surface area contributed by atoms with E-state index in [-0.39, 0.29) is 11.9 Å². The molecule has 0 aromatic carbocycles. The molecule has 3 heteroatoms. The fraction of sp³-hybridized carbons (Fsp3) is 0.923. The average molecular weight is 223 g/mol. The van der Waals surface area contributed by atoms with Crippen LogP contribution >= 0.6 is 0 Å². The first kappa shape index (κ1) is 10.6. The maximum Gasteiger partial charge on any atom is 0.309 e. The van der Waals surface area contributed by atoms with Gasteiger partial charge in [0.1, 0.15) is 0 Å². The Morgan fingerprint density at radius 1 is 1.44 bits per heavy atom. The van der Waals surface area contributed by atoms with Gasteiger partial charge in [0.15, 0.2) is 0 Å². The summed E-state index contributed by atoms with van der Waals surface area (Å²) in [7, 11) is 1.53. The molecule has 4 rings (SSSR count). The van der Waals surface area contributed by atoms with E-state index in [4.69, 9.17) is 4.74 Å². The molecule has 16 heavy (non-hydrogen) atoms. The molecular weight excluding hydrogens is 202 g/mol. The third kappa shape index (κ3) is 1.27. The summed E-state index contributed by atoms with van der Waals surface area (Å²) in [5, 5.41) is 3.49. The van der Waals surface area contributed by atoms with E-state index in [9.17, 15) is 4.79 Å². The third-order valence-electron chi connectivity index (χ3n) is 5.28. The standard InChI is InChI=1S/C13H21NO2/c1-16-12(15)11-9-4-5-13(11,7-9)10-3-2-6-14-8-10/h9-11,14H,2-8H2,1H3. The molecule has 1 saturated heterocycles. The molecule has 4 fully saturated rings. The number of ether oxygens (including phenoxy) is 1. The smallest absolute Gasteiger partial charge is 0.309 e. The van der Waals surface area contributed by atoms with Crippen molar-refractivity contribution in [1.29, 1.82) is 0 Å². The lowest BCUT2D eigenvalue weighted by Crippen LogP contribution is -2.53. The van der Waals surface area contributed by atoms with Crippen LogP contribution in [-0.4, -0.2) is 26.2 Å². The van der Waals surface area contributed by atoms with Crippen molar-refractivity contribution >= 4 is 5.97 Å². The van der Waals surface area contributed by atoms with Crippen LogP contribution in [0.3, 0.4) is 0 Å². The minimum Gasteiger partial charge on any atom is -0.469 e. The Kier molecular flexibility index (Phi) is 2.46. The second kappa shape index (κ2) is 3.73. The monoisotopic (exact) mass is 223 g/mol. The number of methoxy groups -OCH3 is 1. The molecule has 1 aliphatic heterocycles. The molecule has 0 aromatic heterocycles. The number of esters is 1. The minimum absolute atomic E-state index is 0.0549. The van der Waals surface area contributed by atoms with Crippen LogP contribution in [0.2, 0.25) is 0 Å². The summed E-state index contributed by atoms with van der Waals surface area (Å²) in [6.45, 7) is 2.26. The van der Waals surface area contributed by atoms with Gasteiger partial charge in [-0.25, -0.2) is 0 Å². The molecule has 3 saturated carbocycles. The summed E-state index contributed by atoms with van der Waals surface area (Å²) in [4.78, 5) is 11.9. The molecule has 0 aromatic rings. The molecule has 0 radical (unpaired) electrons. The first-order chi connectivity index (χ1) is 7.78. The van der Waals surface area contributed by atoms with Crippen LogP contribution in [0.4, 0.5) is 0 Å². The van der Waals surface area contributed by atoms with Crippen molar-refractivity contribution in [3.05, 3.63) is 0 Å². The lowest BCUT2D eigenvalue weighted by molar-refractivity contribution is -0.164. The topological polar surface area (TPSA) is 38.3 Å². The predicted octanol–water partition coefficient (Wildman–Crippen LogP) is 1.58. The van der Waals surface area contributed by atoms with Gasteiger partial charge in [-0.3, -0.25) is 4.79 Å². The van der Waals surface area contributed by atoms with Gasteiger partial charge in [-0.15, -0.1) is 0 Å². The second-order valence-corrected chi connectivity index (χ2v) is 5.78. The molecule has 90 valence electrons. The normalized spacial score (nSPS) is 46.2. The minimum atomic E-state index is 0.0549. The third-order valence-corrected chi connectivity index (χ3v) is 5.28. The number of fused-ring (bicyclic) bond motifs is 1. The largest absolute Gasteiger partial charge is 0.469 e. The zero-order chi connectivity index (χ0) is 11.2. The number of hydrogen-bond donors (Lipinski definition) is 1. The van der Waals surface area contributed by atoms with Gasteiger partial charge in [-0.1, -0.05) is 0 Å². The van der Waals surface area contributed by atoms with Gasteiger partial charge >= 0.3 is 5.97 Å². The van der Waals surface area contributed by atoms with Crippen LogP contribution in [0.15, 0.2) is 0 Å². The van der Waals surface area contributed by atoms with E-state index in [1.807, 2.05) is 0 Å². The quantitative estimate of drug-likeness (QED) is 0.722. The second-order valence-electron chi connectivity index (χ2n) is 5.78. The van der Waals surface area contributed by atoms with Crippen LogP contribution in [0, 0.1) is 23.2 Å². The summed E-state index contributed by atoms with van der Waals surface area (Å²) in [5.74, 6) is 1.63. The molecule has 2 bridgehead atoms. The van der Waals surface area contributed by atoms with Gasteiger partial charge in [-0.2, -0.15) is 0 Å². The summed E-state index contributed by atoms with van der Waals surface area (Å²) in [5.41, 5.74) is 0.311. The Morgan fingerprint density at radius 3 is 2.94 bits per heavy atom. The fourth-order valence-electron chi connectivity index (χ4n) is 4.54. The van der Waals surface area contributed by atoms with Crippen molar-refractivity contribution in [1.82, 2.24) is 5.32 Å². The van der Waals surface area contributed by atoms with E-state index in [2.05, 4.69) is 5.32 Å². The highest BCUT2D eigenvalue weighted by Crippen LogP contribution is 2.67. The van der Waals surface area contributed by atoms with E-state index in [1.54, 1.807) is 0 Å². The molecule has 4 atom stereocenters. The van der Waals surface area contributed by atoms with Gasteiger partial charge in [0.05, 0.1) is 13.0 Å². The molecule has 4 aliphatic rings. The molecule has 3 nitrogen and oxygen atoms in total. The fourth-order valence-corrected chi connectivity index (χ4v) is 4.54. The van der Waals surface area contributed by atoms with Crippen molar-refractivity contribution in [2.24, 2.45) is 23.2 Å². The molecule has 1 heterocycles. The van der Waals surface area contributed by atoms with Gasteiger partial charge in [0, 0.05) is 0 Å². The first-order valence-electron chi connectivity index (χ1n) is 6.56. The maximum atomic E-state index is 11.9. The predicted molar refractivity (Wildman–Crippen MR) is 60.9 cm³/mol. The van der Waals surface area contributed by atoms with Crippen LogP contribution in [-0.2, 0) is 9.53 Å². The highest BCUT2D eigenvalue weighted by Gasteiger charge is 2.65. The average Bonchev–Trinajstić information content (AvgIpc) is 2.89. The summed E-state index contributed by atoms with van der Waals surface area (Å²) >= 11 is 0. The Labute approximate surface area is 96.9 Å². The number of carbonyl (C=O) groups is 1. The van der Waals surface area contributed by atoms with Crippen molar-refractivity contribution in [3.63, 3.8) is 0 Å². The van der Waals surface area contributed by atoms with E-state index in [1.165, 1.54) is 39.2 Å². The summed E-state index contributed by atoms with van der Waals surface area (Å²) in [6.07, 6.45) is 6.34. The van der Waals surface area contributed by atoms with Crippen molar-refractivity contribution in [2.75, 3.05) is 20.2 Å². The van der Waals surface area contributed by atoms with Crippen LogP contribution < -0.4 is 5.32 Å². The van der Waals surface area contributed by atoms with Gasteiger partial charge in [-0.05, 0) is 62.4 Å². The Morgan fingerprint density at radius 2 is 2.31 bits per heavy atom. The molecule has 3 aliphatic carbocycles. The lowest BCUT2D eigenvalue weighted by atomic mass is 9.53. The highest BCUT2D eigenvalue weighted by molar-refractivity contribution is 5.75. The van der Waals surface area contributed by atoms with E-state index in [0.717, 1.165) is 13.1 Å². The van der Waals surface area contributed by atoms with Crippen LogP contribution in [0.25, 0.3) is 0 Å². The molecule has 0 amide bonds. The maximum absolute atomic E-state index is 11.9. The number of hydrogen-bond acceptors (Lipinski definition) is 3. The van der Waals surface area contributed by atoms with Crippen molar-refractivity contribution in [3.8, 4) is 0 Å². The number of carbonyl (C=O) groups excluding carboxylic acids is 1. The Balaban J connectivity index is 1.78. The first-order valence-corrected chi connectivity index (χ1v) is 6.56. The zero-order valence-corrected chi connectivity index (χ0v) is 10.00. The molecular formula is C13H21NO2. The molecule has 1 N–H and O–H groups in total. The summed E-state index contributed by atoms with van der Waals surface area (Å²) in [6, 6.07) is 0. The van der Waals surface area contributed by atoms with E-state index < -0.39 is 0 Å². The Bertz CT molecular complexity index is 294. The van der Waals surface area contributed by atoms with Gasteiger partial charge in [0.25, 0.3) is 0 Å². The molecule has 0 spiro atoms. The summed E-state index contributed by atoms with van der Waals surface area (Å²) < 4.78 is 4.99. The Hall–Kier alpha value is -0.570. The lowest BCUT2D eigenvalue weighted by Gasteiger charge is -2.51. The zero-order valence-electron chi connectivity index (χ0n) is 10.00. The van der Waals surface area contributed by atoms with Crippen molar-refractivity contribution < 1.29 is 9.53 Å². The van der Waals surface area contributed by atoms with Gasteiger partial charge < -0.3 is 10.1 Å². The number of rotatable bonds is 2. The van der Waals surface area contributed by atoms with E-state index >= 15 is 0 Å².